The molecule has 2 atom stereocenters. The molecule has 1 aliphatic rings. The summed E-state index contributed by atoms with van der Waals surface area (Å²) < 4.78 is 53.4. The lowest BCUT2D eigenvalue weighted by atomic mass is 9.97. The third-order valence-electron chi connectivity index (χ3n) is 5.22. The van der Waals surface area contributed by atoms with Crippen LogP contribution in [0.4, 0.5) is 5.69 Å². The predicted molar refractivity (Wildman–Crippen MR) is 115 cm³/mol. The van der Waals surface area contributed by atoms with Crippen molar-refractivity contribution >= 4 is 25.7 Å². The summed E-state index contributed by atoms with van der Waals surface area (Å²) in [5, 5.41) is 28.6. The number of nitrogens with one attached hydrogen (secondary N) is 2. The minimum absolute atomic E-state index is 0.0823. The molecule has 0 saturated carbocycles. The van der Waals surface area contributed by atoms with E-state index in [0.29, 0.717) is 25.3 Å². The number of aromatic nitrogens is 4. The molecule has 0 aliphatic carbocycles. The summed E-state index contributed by atoms with van der Waals surface area (Å²) >= 11 is 0. The van der Waals surface area contributed by atoms with E-state index in [9.17, 15) is 21.9 Å². The highest BCUT2D eigenvalue weighted by molar-refractivity contribution is 7.92. The first-order valence-corrected chi connectivity index (χ1v) is 12.9. The van der Waals surface area contributed by atoms with Crippen molar-refractivity contribution in [3.05, 3.63) is 12.1 Å². The molecule has 1 aliphatic heterocycles. The molecular weight excluding hydrogens is 462 g/mol. The van der Waals surface area contributed by atoms with Crippen LogP contribution in [0, 0.1) is 5.92 Å². The second kappa shape index (κ2) is 9.74. The van der Waals surface area contributed by atoms with Gasteiger partial charge in [0.1, 0.15) is 9.79 Å². The Kier molecular flexibility index (Phi) is 7.43. The molecule has 1 fully saturated rings. The number of aromatic amines is 1. The number of aliphatic hydroxyl groups excluding tert-OH is 1. The van der Waals surface area contributed by atoms with Crippen LogP contribution in [0.5, 0.6) is 0 Å². The van der Waals surface area contributed by atoms with Gasteiger partial charge in [0.15, 0.2) is 0 Å². The maximum atomic E-state index is 13.0. The topological polar surface area (TPSA) is 236 Å². The van der Waals surface area contributed by atoms with E-state index in [4.69, 9.17) is 16.6 Å². The molecule has 1 aromatic carbocycles. The van der Waals surface area contributed by atoms with Gasteiger partial charge in [-0.2, -0.15) is 5.21 Å². The van der Waals surface area contributed by atoms with Crippen molar-refractivity contribution in [3.63, 3.8) is 0 Å². The molecule has 3 rings (SSSR count). The van der Waals surface area contributed by atoms with Crippen molar-refractivity contribution in [1.29, 1.82) is 0 Å². The highest BCUT2D eigenvalue weighted by atomic mass is 32.2. The molecule has 0 bridgehead atoms. The van der Waals surface area contributed by atoms with Crippen LogP contribution in [0.15, 0.2) is 21.9 Å². The van der Waals surface area contributed by atoms with E-state index in [1.807, 2.05) is 4.90 Å². The van der Waals surface area contributed by atoms with Crippen molar-refractivity contribution < 1.29 is 21.9 Å². The van der Waals surface area contributed by atoms with Crippen LogP contribution in [0.2, 0.25) is 0 Å². The summed E-state index contributed by atoms with van der Waals surface area (Å²) in [7, 11) is -8.98. The molecular formula is C16H27N9O5S2. The molecule has 178 valence electrons. The molecule has 32 heavy (non-hydrogen) atoms. The van der Waals surface area contributed by atoms with Gasteiger partial charge in [0, 0.05) is 31.9 Å². The second-order valence-electron chi connectivity index (χ2n) is 7.50. The van der Waals surface area contributed by atoms with Crippen LogP contribution < -0.4 is 26.2 Å². The maximum absolute atomic E-state index is 13.0. The number of benzene rings is 1. The summed E-state index contributed by atoms with van der Waals surface area (Å²) in [4.78, 5) is 0.643. The number of sulfonamides is 2. The number of anilines is 1. The van der Waals surface area contributed by atoms with E-state index >= 15 is 0 Å². The Morgan fingerprint density at radius 3 is 2.62 bits per heavy atom. The minimum Gasteiger partial charge on any atom is -0.390 e. The zero-order chi connectivity index (χ0) is 23.5. The van der Waals surface area contributed by atoms with Gasteiger partial charge in [-0.25, -0.2) is 26.7 Å². The first kappa shape index (κ1) is 24.4. The van der Waals surface area contributed by atoms with Crippen LogP contribution in [-0.2, 0) is 20.0 Å². The molecule has 0 spiro atoms. The van der Waals surface area contributed by atoms with E-state index in [-0.39, 0.29) is 23.9 Å². The lowest BCUT2D eigenvalue weighted by Gasteiger charge is -2.35. The molecule has 1 unspecified atom stereocenters. The Morgan fingerprint density at radius 1 is 1.28 bits per heavy atom. The van der Waals surface area contributed by atoms with Crippen LogP contribution >= 0.6 is 0 Å². The van der Waals surface area contributed by atoms with Crippen LogP contribution in [0.3, 0.4) is 0 Å². The number of nitrogens with zero attached hydrogens (tertiary/aromatic N) is 4. The fourth-order valence-electron chi connectivity index (χ4n) is 3.64. The van der Waals surface area contributed by atoms with E-state index in [1.54, 1.807) is 0 Å². The predicted octanol–water partition coefficient (Wildman–Crippen LogP) is -2.71. The van der Waals surface area contributed by atoms with E-state index in [2.05, 4.69) is 25.3 Å². The summed E-state index contributed by atoms with van der Waals surface area (Å²) in [5.74, 6) is 0.0561. The quantitative estimate of drug-likeness (QED) is 0.212. The summed E-state index contributed by atoms with van der Waals surface area (Å²) in [6, 6.07) is 2.63. The SMILES string of the molecule is NCC(O)CNS(=O)(=O)c1ccc(N2CCC[C@H](CN)C2)c(-c2nn[nH]n2)c1S(N)(=O)=O. The fraction of sp³-hybridized carbons (Fsp3) is 0.562. The molecule has 2 aromatic rings. The van der Waals surface area contributed by atoms with Gasteiger partial charge in [0.05, 0.1) is 11.7 Å². The number of rotatable bonds is 9. The van der Waals surface area contributed by atoms with Crippen molar-refractivity contribution in [2.45, 2.75) is 28.7 Å². The van der Waals surface area contributed by atoms with E-state index < -0.39 is 42.5 Å². The molecule has 2 heterocycles. The van der Waals surface area contributed by atoms with Crippen LogP contribution in [0.1, 0.15) is 12.8 Å². The monoisotopic (exact) mass is 489 g/mol. The third-order valence-corrected chi connectivity index (χ3v) is 7.80. The van der Waals surface area contributed by atoms with Crippen molar-refractivity contribution in [3.8, 4) is 11.4 Å². The molecule has 0 amide bonds. The Balaban J connectivity index is 2.22. The van der Waals surface area contributed by atoms with Gasteiger partial charge in [-0.1, -0.05) is 0 Å². The smallest absolute Gasteiger partial charge is 0.242 e. The largest absolute Gasteiger partial charge is 0.390 e. The number of aliphatic hydroxyl groups is 1. The first-order chi connectivity index (χ1) is 15.1. The van der Waals surface area contributed by atoms with Gasteiger partial charge >= 0.3 is 0 Å². The highest BCUT2D eigenvalue weighted by Gasteiger charge is 2.34. The second-order valence-corrected chi connectivity index (χ2v) is 10.7. The third kappa shape index (κ3) is 5.22. The van der Waals surface area contributed by atoms with Crippen LogP contribution in [0.25, 0.3) is 11.4 Å². The standard InChI is InChI=1S/C16H27N9O5S2/c17-6-10-2-1-5-25(9-10)12-3-4-13(32(29,30)20-8-11(26)7-18)15(31(19,27)28)14(12)16-21-23-24-22-16/h3-4,10-11,20,26H,1-2,5-9,17-18H2,(H2,19,27,28)(H,21,22,23,24)/t10-,11?/m1/s1. The molecule has 16 heteroatoms. The van der Waals surface area contributed by atoms with Gasteiger partial charge in [-0.05, 0) is 42.7 Å². The molecule has 1 saturated heterocycles. The Hall–Kier alpha value is -2.21. The normalized spacial score (nSPS) is 18.6. The number of tetrazole rings is 1. The zero-order valence-electron chi connectivity index (χ0n) is 17.2. The van der Waals surface area contributed by atoms with Gasteiger partial charge < -0.3 is 21.5 Å². The summed E-state index contributed by atoms with van der Waals surface area (Å²) in [6.07, 6.45) is 0.587. The zero-order valence-corrected chi connectivity index (χ0v) is 18.8. The van der Waals surface area contributed by atoms with E-state index in [1.165, 1.54) is 6.07 Å². The maximum Gasteiger partial charge on any atom is 0.242 e. The lowest BCUT2D eigenvalue weighted by molar-refractivity contribution is 0.186. The number of hydrogen-bond donors (Lipinski definition) is 6. The van der Waals surface area contributed by atoms with Gasteiger partial charge in [-0.15, -0.1) is 10.2 Å². The molecule has 9 N–H and O–H groups in total. The number of primary sulfonamides is 1. The lowest BCUT2D eigenvalue weighted by Crippen LogP contribution is -2.39. The van der Waals surface area contributed by atoms with Crippen molar-refractivity contribution in [1.82, 2.24) is 25.3 Å². The molecule has 0 radical (unpaired) electrons. The molecule has 14 nitrogen and oxygen atoms in total. The Labute approximate surface area is 185 Å². The average Bonchev–Trinajstić information content (AvgIpc) is 3.30. The van der Waals surface area contributed by atoms with E-state index in [0.717, 1.165) is 18.9 Å². The number of piperidine rings is 1. The van der Waals surface area contributed by atoms with Gasteiger partial charge in [0.2, 0.25) is 25.9 Å². The molecule has 1 aromatic heterocycles. The fourth-order valence-corrected chi connectivity index (χ4v) is 6.30. The number of H-pyrrole nitrogens is 1. The number of hydrogen-bond acceptors (Lipinski definition) is 11. The Bertz CT molecular complexity index is 1140. The van der Waals surface area contributed by atoms with Crippen molar-refractivity contribution in [2.75, 3.05) is 37.6 Å². The van der Waals surface area contributed by atoms with Gasteiger partial charge in [-0.3, -0.25) is 0 Å². The highest BCUT2D eigenvalue weighted by Crippen LogP contribution is 2.39. The Morgan fingerprint density at radius 2 is 2.03 bits per heavy atom. The first-order valence-electron chi connectivity index (χ1n) is 9.85. The average molecular weight is 490 g/mol. The summed E-state index contributed by atoms with van der Waals surface area (Å²) in [5.41, 5.74) is 11.5. The van der Waals surface area contributed by atoms with Gasteiger partial charge in [0.25, 0.3) is 0 Å². The van der Waals surface area contributed by atoms with Crippen LogP contribution in [-0.4, -0.2) is 81.4 Å². The minimum atomic E-state index is -4.58. The van der Waals surface area contributed by atoms with Crippen molar-refractivity contribution in [2.24, 2.45) is 22.5 Å². The number of nitrogens with two attached hydrogens (primary N) is 3. The summed E-state index contributed by atoms with van der Waals surface area (Å²) in [6.45, 7) is 0.994.